The average molecular weight is 250 g/mol. The second-order valence-electron chi connectivity index (χ2n) is 3.96. The van der Waals surface area contributed by atoms with Crippen molar-refractivity contribution in [1.29, 1.82) is 0 Å². The van der Waals surface area contributed by atoms with E-state index in [1.54, 1.807) is 18.3 Å². The van der Waals surface area contributed by atoms with E-state index in [4.69, 9.17) is 4.74 Å². The fourth-order valence-electron chi connectivity index (χ4n) is 1.71. The Morgan fingerprint density at radius 3 is 2.53 bits per heavy atom. The highest BCUT2D eigenvalue weighted by Gasteiger charge is 2.23. The molecule has 0 fully saturated rings. The van der Waals surface area contributed by atoms with Crippen LogP contribution < -0.4 is 0 Å². The molecule has 0 saturated heterocycles. The molecule has 0 atom stereocenters. The number of carbonyl (C=O) groups excluding carboxylic acids is 1. The molecule has 2 heterocycles. The maximum absolute atomic E-state index is 11.7. The van der Waals surface area contributed by atoms with Crippen LogP contribution in [0.4, 0.5) is 0 Å². The molecule has 0 radical (unpaired) electrons. The second kappa shape index (κ2) is 4.86. The Hall–Kier alpha value is -2.75. The van der Waals surface area contributed by atoms with E-state index in [-0.39, 0.29) is 5.70 Å². The number of pyridine rings is 1. The molecular formula is C15H10N2O2. The average Bonchev–Trinajstić information content (AvgIpc) is 2.82. The number of ether oxygens (including phenoxy) is 1. The molecule has 0 amide bonds. The third-order valence-corrected chi connectivity index (χ3v) is 2.61. The monoisotopic (exact) mass is 250 g/mol. The van der Waals surface area contributed by atoms with Crippen LogP contribution >= 0.6 is 0 Å². The van der Waals surface area contributed by atoms with Crippen molar-refractivity contribution in [3.05, 3.63) is 71.7 Å². The number of aliphatic imine (C=N–C) groups is 1. The Bertz CT molecular complexity index is 661. The molecule has 0 unspecified atom stereocenters. The maximum atomic E-state index is 11.7. The van der Waals surface area contributed by atoms with Gasteiger partial charge in [-0.25, -0.2) is 9.79 Å². The van der Waals surface area contributed by atoms with Crippen molar-refractivity contribution in [3.8, 4) is 0 Å². The van der Waals surface area contributed by atoms with Gasteiger partial charge < -0.3 is 4.74 Å². The Morgan fingerprint density at radius 2 is 1.79 bits per heavy atom. The molecular weight excluding hydrogens is 240 g/mol. The summed E-state index contributed by atoms with van der Waals surface area (Å²) in [6, 6.07) is 14.8. The van der Waals surface area contributed by atoms with E-state index in [0.717, 1.165) is 5.56 Å². The number of hydrogen-bond donors (Lipinski definition) is 0. The quantitative estimate of drug-likeness (QED) is 0.607. The third kappa shape index (κ3) is 2.42. The normalized spacial score (nSPS) is 16.3. The molecule has 19 heavy (non-hydrogen) atoms. The zero-order valence-corrected chi connectivity index (χ0v) is 9.98. The predicted octanol–water partition coefficient (Wildman–Crippen LogP) is 2.43. The van der Waals surface area contributed by atoms with E-state index in [0.29, 0.717) is 11.6 Å². The SMILES string of the molecule is O=C1OC(c2ccccc2)=N/C1=C\c1ccccn1. The first-order valence-electron chi connectivity index (χ1n) is 5.82. The molecule has 1 aliphatic rings. The van der Waals surface area contributed by atoms with Gasteiger partial charge in [-0.3, -0.25) is 4.98 Å². The van der Waals surface area contributed by atoms with Crippen LogP contribution in [0.25, 0.3) is 6.08 Å². The van der Waals surface area contributed by atoms with E-state index in [2.05, 4.69) is 9.98 Å². The summed E-state index contributed by atoms with van der Waals surface area (Å²) < 4.78 is 5.15. The highest BCUT2D eigenvalue weighted by Crippen LogP contribution is 2.18. The summed E-state index contributed by atoms with van der Waals surface area (Å²) in [5.41, 5.74) is 1.71. The molecule has 2 aromatic rings. The van der Waals surface area contributed by atoms with Gasteiger partial charge in [0.25, 0.3) is 0 Å². The number of cyclic esters (lactones) is 1. The van der Waals surface area contributed by atoms with Crippen molar-refractivity contribution in [1.82, 2.24) is 4.98 Å². The van der Waals surface area contributed by atoms with Gasteiger partial charge in [0, 0.05) is 11.8 Å². The Kier molecular flexibility index (Phi) is 2.90. The largest absolute Gasteiger partial charge is 0.402 e. The Labute approximate surface area is 110 Å². The first kappa shape index (κ1) is 11.3. The number of nitrogens with zero attached hydrogens (tertiary/aromatic N) is 2. The summed E-state index contributed by atoms with van der Waals surface area (Å²) in [5.74, 6) is -0.128. The van der Waals surface area contributed by atoms with Crippen molar-refractivity contribution in [3.63, 3.8) is 0 Å². The van der Waals surface area contributed by atoms with Crippen molar-refractivity contribution >= 4 is 17.9 Å². The van der Waals surface area contributed by atoms with Gasteiger partial charge in [0.1, 0.15) is 0 Å². The molecule has 1 aromatic carbocycles. The zero-order valence-electron chi connectivity index (χ0n) is 9.98. The maximum Gasteiger partial charge on any atom is 0.363 e. The lowest BCUT2D eigenvalue weighted by molar-refractivity contribution is -0.129. The van der Waals surface area contributed by atoms with E-state index in [1.807, 2.05) is 42.5 Å². The molecule has 0 saturated carbocycles. The van der Waals surface area contributed by atoms with Crippen LogP contribution in [0.2, 0.25) is 0 Å². The van der Waals surface area contributed by atoms with Crippen molar-refractivity contribution in [2.75, 3.05) is 0 Å². The standard InChI is InChI=1S/C15H10N2O2/c18-15-13(10-12-8-4-5-9-16-12)17-14(19-15)11-6-2-1-3-7-11/h1-10H/b13-10-. The molecule has 92 valence electrons. The van der Waals surface area contributed by atoms with Gasteiger partial charge in [0.05, 0.1) is 5.69 Å². The fraction of sp³-hybridized carbons (Fsp3) is 0. The van der Waals surface area contributed by atoms with Crippen LogP contribution in [-0.4, -0.2) is 16.9 Å². The van der Waals surface area contributed by atoms with Crippen molar-refractivity contribution in [2.45, 2.75) is 0 Å². The Morgan fingerprint density at radius 1 is 1.00 bits per heavy atom. The Balaban J connectivity index is 1.94. The summed E-state index contributed by atoms with van der Waals surface area (Å²) in [6.07, 6.45) is 3.27. The molecule has 1 aliphatic heterocycles. The topological polar surface area (TPSA) is 51.5 Å². The summed E-state index contributed by atoms with van der Waals surface area (Å²) in [4.78, 5) is 20.1. The lowest BCUT2D eigenvalue weighted by atomic mass is 10.2. The smallest absolute Gasteiger partial charge is 0.363 e. The van der Waals surface area contributed by atoms with Crippen LogP contribution in [0.15, 0.2) is 65.4 Å². The highest BCUT2D eigenvalue weighted by molar-refractivity contribution is 6.12. The highest BCUT2D eigenvalue weighted by atomic mass is 16.6. The van der Waals surface area contributed by atoms with Crippen LogP contribution in [-0.2, 0) is 9.53 Å². The van der Waals surface area contributed by atoms with Gasteiger partial charge in [-0.05, 0) is 30.3 Å². The van der Waals surface area contributed by atoms with Crippen molar-refractivity contribution < 1.29 is 9.53 Å². The van der Waals surface area contributed by atoms with E-state index >= 15 is 0 Å². The zero-order chi connectivity index (χ0) is 13.1. The lowest BCUT2D eigenvalue weighted by Crippen LogP contribution is -2.04. The first-order chi connectivity index (χ1) is 9.33. The van der Waals surface area contributed by atoms with Gasteiger partial charge >= 0.3 is 5.97 Å². The van der Waals surface area contributed by atoms with Crippen LogP contribution in [0.5, 0.6) is 0 Å². The van der Waals surface area contributed by atoms with Crippen LogP contribution in [0.1, 0.15) is 11.3 Å². The molecule has 0 bridgehead atoms. The number of hydrogen-bond acceptors (Lipinski definition) is 4. The van der Waals surface area contributed by atoms with E-state index in [9.17, 15) is 4.79 Å². The summed E-state index contributed by atoms with van der Waals surface area (Å²) in [5, 5.41) is 0. The van der Waals surface area contributed by atoms with E-state index in [1.165, 1.54) is 0 Å². The first-order valence-corrected chi connectivity index (χ1v) is 5.82. The minimum atomic E-state index is -0.454. The number of aromatic nitrogens is 1. The van der Waals surface area contributed by atoms with Gasteiger partial charge in [-0.1, -0.05) is 24.3 Å². The molecule has 0 spiro atoms. The predicted molar refractivity (Wildman–Crippen MR) is 71.3 cm³/mol. The summed E-state index contributed by atoms with van der Waals surface area (Å²) in [7, 11) is 0. The molecule has 4 heteroatoms. The van der Waals surface area contributed by atoms with Crippen LogP contribution in [0.3, 0.4) is 0 Å². The van der Waals surface area contributed by atoms with Gasteiger partial charge in [0.2, 0.25) is 5.90 Å². The summed E-state index contributed by atoms with van der Waals surface area (Å²) in [6.45, 7) is 0. The molecule has 0 N–H and O–H groups in total. The molecule has 1 aromatic heterocycles. The van der Waals surface area contributed by atoms with Gasteiger partial charge in [-0.2, -0.15) is 0 Å². The van der Waals surface area contributed by atoms with Gasteiger partial charge in [0.15, 0.2) is 5.70 Å². The number of rotatable bonds is 2. The minimum absolute atomic E-state index is 0.262. The number of esters is 1. The fourth-order valence-corrected chi connectivity index (χ4v) is 1.71. The van der Waals surface area contributed by atoms with Crippen molar-refractivity contribution in [2.24, 2.45) is 4.99 Å². The minimum Gasteiger partial charge on any atom is -0.402 e. The van der Waals surface area contributed by atoms with Crippen LogP contribution in [0, 0.1) is 0 Å². The molecule has 3 rings (SSSR count). The molecule has 4 nitrogen and oxygen atoms in total. The van der Waals surface area contributed by atoms with Gasteiger partial charge in [-0.15, -0.1) is 0 Å². The van der Waals surface area contributed by atoms with E-state index < -0.39 is 5.97 Å². The number of carbonyl (C=O) groups is 1. The lowest BCUT2D eigenvalue weighted by Gasteiger charge is -1.97. The number of benzene rings is 1. The summed E-state index contributed by atoms with van der Waals surface area (Å²) >= 11 is 0. The second-order valence-corrected chi connectivity index (χ2v) is 3.96. The third-order valence-electron chi connectivity index (χ3n) is 2.61. The molecule has 0 aliphatic carbocycles.